The molecule has 1 rings (SSSR count). The first-order chi connectivity index (χ1) is 7.56. The molecule has 0 saturated carbocycles. The lowest BCUT2D eigenvalue weighted by Crippen LogP contribution is -2.36. The number of hydrogen-bond acceptors (Lipinski definition) is 4. The number of hydrogen-bond donors (Lipinski definition) is 2. The third kappa shape index (κ3) is 3.37. The van der Waals surface area contributed by atoms with Crippen LogP contribution in [0.5, 0.6) is 0 Å². The second kappa shape index (κ2) is 6.09. The van der Waals surface area contributed by atoms with E-state index < -0.39 is 13.0 Å². The summed E-state index contributed by atoms with van der Waals surface area (Å²) >= 11 is 1.77. The second-order valence-corrected chi connectivity index (χ2v) is 4.07. The molecule has 0 radical (unpaired) electrons. The number of nitrogens with one attached hydrogen (secondary N) is 1. The lowest BCUT2D eigenvalue weighted by atomic mass is 10.4. The smallest absolute Gasteiger partial charge is 0.266 e. The Labute approximate surface area is 104 Å². The summed E-state index contributed by atoms with van der Waals surface area (Å²) in [7, 11) is 0. The fourth-order valence-corrected chi connectivity index (χ4v) is 1.84. The predicted molar refractivity (Wildman–Crippen MR) is 64.8 cm³/mol. The standard InChI is InChI=1S/C8H11F2IN4O/c9-5(10)3-15(2-1-12)7-6(11)8(16)14-4-13-7/h4-5H,1-3,12H2,(H,13,14,16). The van der Waals surface area contributed by atoms with Gasteiger partial charge in [0.15, 0.2) is 0 Å². The molecule has 0 atom stereocenters. The largest absolute Gasteiger partial charge is 0.349 e. The number of nitrogens with zero attached hydrogens (tertiary/aromatic N) is 2. The van der Waals surface area contributed by atoms with E-state index >= 15 is 0 Å². The minimum Gasteiger partial charge on any atom is -0.349 e. The number of aromatic amines is 1. The van der Waals surface area contributed by atoms with Crippen LogP contribution in [0.1, 0.15) is 0 Å². The van der Waals surface area contributed by atoms with Gasteiger partial charge in [0.05, 0.1) is 12.9 Å². The Bertz CT molecular complexity index is 398. The molecule has 90 valence electrons. The van der Waals surface area contributed by atoms with E-state index in [0.29, 0.717) is 0 Å². The molecule has 1 aromatic heterocycles. The van der Waals surface area contributed by atoms with Crippen molar-refractivity contribution in [2.75, 3.05) is 24.5 Å². The highest BCUT2D eigenvalue weighted by atomic mass is 127. The summed E-state index contributed by atoms with van der Waals surface area (Å²) in [6.07, 6.45) is -1.31. The molecule has 16 heavy (non-hydrogen) atoms. The zero-order valence-electron chi connectivity index (χ0n) is 8.29. The highest BCUT2D eigenvalue weighted by Crippen LogP contribution is 2.15. The molecule has 1 heterocycles. The van der Waals surface area contributed by atoms with Gasteiger partial charge in [-0.05, 0) is 22.6 Å². The molecule has 1 aromatic rings. The Balaban J connectivity index is 3.00. The predicted octanol–water partition coefficient (Wildman–Crippen LogP) is 0.405. The topological polar surface area (TPSA) is 75.0 Å². The van der Waals surface area contributed by atoms with Gasteiger partial charge in [-0.25, -0.2) is 13.8 Å². The summed E-state index contributed by atoms with van der Waals surface area (Å²) in [5.74, 6) is 0.245. The molecule has 0 aliphatic rings. The van der Waals surface area contributed by atoms with E-state index in [9.17, 15) is 13.6 Å². The van der Waals surface area contributed by atoms with Gasteiger partial charge in [0.2, 0.25) is 0 Å². The Kier molecular flexibility index (Phi) is 5.06. The quantitative estimate of drug-likeness (QED) is 0.759. The van der Waals surface area contributed by atoms with Crippen LogP contribution in [0.4, 0.5) is 14.6 Å². The first-order valence-electron chi connectivity index (χ1n) is 4.52. The number of aromatic nitrogens is 2. The van der Waals surface area contributed by atoms with Crippen LogP contribution in [0.15, 0.2) is 11.1 Å². The van der Waals surface area contributed by atoms with Crippen molar-refractivity contribution in [3.05, 3.63) is 20.3 Å². The number of anilines is 1. The summed E-state index contributed by atoms with van der Waals surface area (Å²) in [5, 5.41) is 0. The summed E-state index contributed by atoms with van der Waals surface area (Å²) in [6.45, 7) is -0.0300. The maximum Gasteiger partial charge on any atom is 0.266 e. The van der Waals surface area contributed by atoms with E-state index in [1.54, 1.807) is 22.6 Å². The van der Waals surface area contributed by atoms with E-state index in [1.807, 2.05) is 0 Å². The maximum atomic E-state index is 12.3. The number of H-pyrrole nitrogens is 1. The Morgan fingerprint density at radius 2 is 2.31 bits per heavy atom. The van der Waals surface area contributed by atoms with Crippen molar-refractivity contribution in [3.8, 4) is 0 Å². The van der Waals surface area contributed by atoms with Crippen LogP contribution >= 0.6 is 22.6 Å². The Morgan fingerprint density at radius 1 is 1.62 bits per heavy atom. The molecular formula is C8H11F2IN4O. The molecule has 0 fully saturated rings. The third-order valence-electron chi connectivity index (χ3n) is 1.84. The molecule has 0 aliphatic carbocycles. The molecule has 0 aromatic carbocycles. The molecule has 8 heteroatoms. The van der Waals surface area contributed by atoms with Crippen molar-refractivity contribution in [2.24, 2.45) is 5.73 Å². The van der Waals surface area contributed by atoms with E-state index in [0.717, 1.165) is 0 Å². The van der Waals surface area contributed by atoms with Gasteiger partial charge in [-0.15, -0.1) is 0 Å². The number of nitrogens with two attached hydrogens (primary N) is 1. The summed E-state index contributed by atoms with van der Waals surface area (Å²) < 4.78 is 24.9. The van der Waals surface area contributed by atoms with Gasteiger partial charge in [-0.3, -0.25) is 4.79 Å². The van der Waals surface area contributed by atoms with Crippen LogP contribution in [-0.4, -0.2) is 36.0 Å². The van der Waals surface area contributed by atoms with Crippen molar-refractivity contribution in [2.45, 2.75) is 6.43 Å². The molecule has 3 N–H and O–H groups in total. The highest BCUT2D eigenvalue weighted by Gasteiger charge is 2.17. The van der Waals surface area contributed by atoms with E-state index in [1.165, 1.54) is 11.2 Å². The molecular weight excluding hydrogens is 333 g/mol. The normalized spacial score (nSPS) is 10.8. The molecule has 5 nitrogen and oxygen atoms in total. The average molecular weight is 344 g/mol. The third-order valence-corrected chi connectivity index (χ3v) is 2.81. The van der Waals surface area contributed by atoms with Crippen molar-refractivity contribution >= 4 is 28.4 Å². The second-order valence-electron chi connectivity index (χ2n) is 3.00. The number of halogens is 3. The zero-order chi connectivity index (χ0) is 12.1. The zero-order valence-corrected chi connectivity index (χ0v) is 10.4. The number of alkyl halides is 2. The van der Waals surface area contributed by atoms with Gasteiger partial charge in [0, 0.05) is 13.1 Å². The first-order valence-corrected chi connectivity index (χ1v) is 5.60. The molecule has 0 spiro atoms. The van der Waals surface area contributed by atoms with Gasteiger partial charge in [0.25, 0.3) is 12.0 Å². The van der Waals surface area contributed by atoms with E-state index in [-0.39, 0.29) is 28.0 Å². The van der Waals surface area contributed by atoms with Crippen molar-refractivity contribution in [1.82, 2.24) is 9.97 Å². The van der Waals surface area contributed by atoms with Crippen LogP contribution in [0, 0.1) is 3.57 Å². The van der Waals surface area contributed by atoms with Crippen molar-refractivity contribution in [1.29, 1.82) is 0 Å². The maximum absolute atomic E-state index is 12.3. The van der Waals surface area contributed by atoms with Gasteiger partial charge >= 0.3 is 0 Å². The Morgan fingerprint density at radius 3 is 2.88 bits per heavy atom. The summed E-state index contributed by atoms with van der Waals surface area (Å²) in [5.41, 5.74) is 4.98. The van der Waals surface area contributed by atoms with Crippen LogP contribution in [0.25, 0.3) is 0 Å². The monoisotopic (exact) mass is 344 g/mol. The first kappa shape index (κ1) is 13.3. The van der Waals surface area contributed by atoms with Gasteiger partial charge < -0.3 is 15.6 Å². The van der Waals surface area contributed by atoms with Crippen LogP contribution in [0.2, 0.25) is 0 Å². The minimum absolute atomic E-state index is 0.220. The molecule has 0 unspecified atom stereocenters. The van der Waals surface area contributed by atoms with Crippen molar-refractivity contribution < 1.29 is 8.78 Å². The highest BCUT2D eigenvalue weighted by molar-refractivity contribution is 14.1. The summed E-state index contributed by atoms with van der Waals surface area (Å²) in [6, 6.07) is 0. The van der Waals surface area contributed by atoms with E-state index in [4.69, 9.17) is 5.73 Å². The Hall–Kier alpha value is -0.770. The fourth-order valence-electron chi connectivity index (χ4n) is 1.20. The lowest BCUT2D eigenvalue weighted by molar-refractivity contribution is 0.154. The van der Waals surface area contributed by atoms with Crippen LogP contribution in [-0.2, 0) is 0 Å². The molecule has 0 amide bonds. The summed E-state index contributed by atoms with van der Waals surface area (Å²) in [4.78, 5) is 18.8. The molecule has 0 saturated heterocycles. The number of rotatable bonds is 5. The fraction of sp³-hybridized carbons (Fsp3) is 0.500. The van der Waals surface area contributed by atoms with Gasteiger partial charge in [-0.1, -0.05) is 0 Å². The van der Waals surface area contributed by atoms with Crippen molar-refractivity contribution in [3.63, 3.8) is 0 Å². The SMILES string of the molecule is NCCN(CC(F)F)c1nc[nH]c(=O)c1I. The molecule has 0 bridgehead atoms. The van der Waals surface area contributed by atoms with Crippen LogP contribution < -0.4 is 16.2 Å². The van der Waals surface area contributed by atoms with Gasteiger partial charge in [0.1, 0.15) is 9.39 Å². The lowest BCUT2D eigenvalue weighted by Gasteiger charge is -2.22. The van der Waals surface area contributed by atoms with E-state index in [2.05, 4.69) is 9.97 Å². The van der Waals surface area contributed by atoms with Gasteiger partial charge in [-0.2, -0.15) is 0 Å². The average Bonchev–Trinajstić information content (AvgIpc) is 2.21. The molecule has 0 aliphatic heterocycles. The minimum atomic E-state index is -2.50. The van der Waals surface area contributed by atoms with Crippen LogP contribution in [0.3, 0.4) is 0 Å².